The minimum atomic E-state index is -0.472. The molecule has 0 radical (unpaired) electrons. The van der Waals surface area contributed by atoms with Crippen molar-refractivity contribution < 1.29 is 14.3 Å². The Balaban J connectivity index is 1.67. The standard InChI is InChI=1S/C19H27ClN2O3/c20-16-3-1-2-15(12-16)19(6-10-25-11-7-19)13-22-18(23)17(21)14-4-8-24-9-5-14/h1-3,12,14,17H,4-11,13,21H2,(H,22,23). The zero-order valence-corrected chi connectivity index (χ0v) is 15.3. The maximum Gasteiger partial charge on any atom is 0.237 e. The Labute approximate surface area is 154 Å². The van der Waals surface area contributed by atoms with Gasteiger partial charge in [0, 0.05) is 43.4 Å². The molecule has 5 nitrogen and oxygen atoms in total. The third kappa shape index (κ3) is 4.53. The van der Waals surface area contributed by atoms with Gasteiger partial charge >= 0.3 is 0 Å². The first-order valence-electron chi connectivity index (χ1n) is 9.06. The van der Waals surface area contributed by atoms with Crippen LogP contribution in [0.3, 0.4) is 0 Å². The van der Waals surface area contributed by atoms with E-state index in [4.69, 9.17) is 26.8 Å². The number of hydrogen-bond acceptors (Lipinski definition) is 4. The van der Waals surface area contributed by atoms with Crippen LogP contribution >= 0.6 is 11.6 Å². The van der Waals surface area contributed by atoms with Gasteiger partial charge in [-0.3, -0.25) is 4.79 Å². The van der Waals surface area contributed by atoms with Crippen LogP contribution in [0.25, 0.3) is 0 Å². The Morgan fingerprint density at radius 2 is 1.92 bits per heavy atom. The number of amides is 1. The lowest BCUT2D eigenvalue weighted by Crippen LogP contribution is -2.51. The molecule has 6 heteroatoms. The van der Waals surface area contributed by atoms with E-state index in [0.29, 0.717) is 38.0 Å². The summed E-state index contributed by atoms with van der Waals surface area (Å²) in [5, 5.41) is 3.82. The van der Waals surface area contributed by atoms with Crippen molar-refractivity contribution in [2.24, 2.45) is 11.7 Å². The normalized spacial score (nSPS) is 22.3. The third-order valence-corrected chi connectivity index (χ3v) is 5.80. The summed E-state index contributed by atoms with van der Waals surface area (Å²) in [7, 11) is 0. The van der Waals surface area contributed by atoms with E-state index < -0.39 is 6.04 Å². The Bertz CT molecular complexity index is 584. The molecule has 1 atom stereocenters. The lowest BCUT2D eigenvalue weighted by atomic mass is 9.74. The summed E-state index contributed by atoms with van der Waals surface area (Å²) in [5.74, 6) is 0.130. The largest absolute Gasteiger partial charge is 0.381 e. The SMILES string of the molecule is NC(C(=O)NCC1(c2cccc(Cl)c2)CCOCC1)C1CCOCC1. The van der Waals surface area contributed by atoms with Crippen molar-refractivity contribution in [1.82, 2.24) is 5.32 Å². The van der Waals surface area contributed by atoms with Crippen LogP contribution in [0.1, 0.15) is 31.2 Å². The van der Waals surface area contributed by atoms with Crippen molar-refractivity contribution in [3.05, 3.63) is 34.9 Å². The highest BCUT2D eigenvalue weighted by atomic mass is 35.5. The molecule has 1 aromatic rings. The predicted molar refractivity (Wildman–Crippen MR) is 97.7 cm³/mol. The number of benzene rings is 1. The highest BCUT2D eigenvalue weighted by molar-refractivity contribution is 6.30. The summed E-state index contributed by atoms with van der Waals surface area (Å²) in [5.41, 5.74) is 7.21. The monoisotopic (exact) mass is 366 g/mol. The molecule has 3 rings (SSSR count). The van der Waals surface area contributed by atoms with Gasteiger partial charge in [-0.1, -0.05) is 23.7 Å². The molecule has 0 aliphatic carbocycles. The van der Waals surface area contributed by atoms with Gasteiger partial charge in [0.2, 0.25) is 5.91 Å². The van der Waals surface area contributed by atoms with Crippen molar-refractivity contribution in [2.45, 2.75) is 37.1 Å². The summed E-state index contributed by atoms with van der Waals surface area (Å²) < 4.78 is 10.9. The van der Waals surface area contributed by atoms with Gasteiger partial charge in [0.25, 0.3) is 0 Å². The van der Waals surface area contributed by atoms with Gasteiger partial charge in [-0.2, -0.15) is 0 Å². The second-order valence-electron chi connectivity index (χ2n) is 7.10. The molecule has 2 aliphatic heterocycles. The molecule has 25 heavy (non-hydrogen) atoms. The Hall–Kier alpha value is -1.14. The van der Waals surface area contributed by atoms with E-state index >= 15 is 0 Å². The summed E-state index contributed by atoms with van der Waals surface area (Å²) in [6.07, 6.45) is 3.42. The zero-order chi connectivity index (χ0) is 17.7. The molecule has 1 amide bonds. The van der Waals surface area contributed by atoms with Crippen LogP contribution in [0.4, 0.5) is 0 Å². The molecule has 3 N–H and O–H groups in total. The minimum Gasteiger partial charge on any atom is -0.381 e. The van der Waals surface area contributed by atoms with Crippen molar-refractivity contribution in [1.29, 1.82) is 0 Å². The number of rotatable bonds is 5. The van der Waals surface area contributed by atoms with Crippen LogP contribution in [-0.4, -0.2) is 44.9 Å². The van der Waals surface area contributed by atoms with Crippen LogP contribution in [-0.2, 0) is 19.7 Å². The van der Waals surface area contributed by atoms with E-state index in [0.717, 1.165) is 31.2 Å². The predicted octanol–water partition coefficient (Wildman–Crippen LogP) is 2.26. The van der Waals surface area contributed by atoms with Crippen LogP contribution in [0.15, 0.2) is 24.3 Å². The van der Waals surface area contributed by atoms with Crippen LogP contribution in [0, 0.1) is 5.92 Å². The molecule has 0 spiro atoms. The van der Waals surface area contributed by atoms with E-state index in [1.165, 1.54) is 0 Å². The van der Waals surface area contributed by atoms with E-state index in [-0.39, 0.29) is 17.2 Å². The quantitative estimate of drug-likeness (QED) is 0.838. The number of nitrogens with two attached hydrogens (primary N) is 1. The van der Waals surface area contributed by atoms with Crippen LogP contribution in [0.2, 0.25) is 5.02 Å². The molecule has 0 saturated carbocycles. The molecule has 0 bridgehead atoms. The summed E-state index contributed by atoms with van der Waals surface area (Å²) in [6.45, 7) is 3.32. The lowest BCUT2D eigenvalue weighted by Gasteiger charge is -2.38. The average Bonchev–Trinajstić information content (AvgIpc) is 2.67. The van der Waals surface area contributed by atoms with Gasteiger partial charge in [-0.25, -0.2) is 0 Å². The summed E-state index contributed by atoms with van der Waals surface area (Å²) in [6, 6.07) is 7.45. The molecule has 2 saturated heterocycles. The first-order valence-corrected chi connectivity index (χ1v) is 9.43. The number of halogens is 1. The average molecular weight is 367 g/mol. The highest BCUT2D eigenvalue weighted by Gasteiger charge is 2.36. The fourth-order valence-electron chi connectivity index (χ4n) is 3.81. The molecular weight excluding hydrogens is 340 g/mol. The van der Waals surface area contributed by atoms with Gasteiger partial charge in [-0.05, 0) is 49.3 Å². The second-order valence-corrected chi connectivity index (χ2v) is 7.53. The van der Waals surface area contributed by atoms with Crippen molar-refractivity contribution in [2.75, 3.05) is 33.0 Å². The number of hydrogen-bond donors (Lipinski definition) is 2. The number of ether oxygens (including phenoxy) is 2. The van der Waals surface area contributed by atoms with Crippen molar-refractivity contribution >= 4 is 17.5 Å². The maximum atomic E-state index is 12.6. The molecular formula is C19H27ClN2O3. The molecule has 1 unspecified atom stereocenters. The maximum absolute atomic E-state index is 12.6. The Kier molecular flexibility index (Phi) is 6.34. The topological polar surface area (TPSA) is 73.6 Å². The van der Waals surface area contributed by atoms with Gasteiger partial charge in [0.1, 0.15) is 0 Å². The summed E-state index contributed by atoms with van der Waals surface area (Å²) >= 11 is 6.19. The highest BCUT2D eigenvalue weighted by Crippen LogP contribution is 2.35. The van der Waals surface area contributed by atoms with Crippen molar-refractivity contribution in [3.8, 4) is 0 Å². The van der Waals surface area contributed by atoms with Crippen LogP contribution < -0.4 is 11.1 Å². The van der Waals surface area contributed by atoms with E-state index in [1.54, 1.807) is 0 Å². The first-order chi connectivity index (χ1) is 12.1. The molecule has 2 aliphatic rings. The van der Waals surface area contributed by atoms with E-state index in [2.05, 4.69) is 11.4 Å². The molecule has 2 fully saturated rings. The lowest BCUT2D eigenvalue weighted by molar-refractivity contribution is -0.124. The first kappa shape index (κ1) is 18.6. The fourth-order valence-corrected chi connectivity index (χ4v) is 4.00. The van der Waals surface area contributed by atoms with Gasteiger partial charge in [0.15, 0.2) is 0 Å². The number of carbonyl (C=O) groups excluding carboxylic acids is 1. The van der Waals surface area contributed by atoms with E-state index in [9.17, 15) is 4.79 Å². The van der Waals surface area contributed by atoms with Gasteiger partial charge in [-0.15, -0.1) is 0 Å². The Morgan fingerprint density at radius 3 is 2.60 bits per heavy atom. The van der Waals surface area contributed by atoms with Crippen LogP contribution in [0.5, 0.6) is 0 Å². The van der Waals surface area contributed by atoms with Gasteiger partial charge < -0.3 is 20.5 Å². The fraction of sp³-hybridized carbons (Fsp3) is 0.632. The number of nitrogens with one attached hydrogen (secondary N) is 1. The van der Waals surface area contributed by atoms with Gasteiger partial charge in [0.05, 0.1) is 6.04 Å². The molecule has 1 aromatic carbocycles. The molecule has 138 valence electrons. The Morgan fingerprint density at radius 1 is 1.24 bits per heavy atom. The molecule has 0 aromatic heterocycles. The zero-order valence-electron chi connectivity index (χ0n) is 14.5. The third-order valence-electron chi connectivity index (χ3n) is 5.56. The smallest absolute Gasteiger partial charge is 0.237 e. The summed E-state index contributed by atoms with van der Waals surface area (Å²) in [4.78, 5) is 12.6. The molecule has 2 heterocycles. The number of carbonyl (C=O) groups is 1. The minimum absolute atomic E-state index is 0.0696. The van der Waals surface area contributed by atoms with Crippen molar-refractivity contribution in [3.63, 3.8) is 0 Å². The second kappa shape index (κ2) is 8.49. The van der Waals surface area contributed by atoms with E-state index in [1.807, 2.05) is 18.2 Å².